The van der Waals surface area contributed by atoms with Crippen LogP contribution in [0.2, 0.25) is 0 Å². The normalized spacial score (nSPS) is 21.4. The van der Waals surface area contributed by atoms with Crippen molar-refractivity contribution < 1.29 is 4.79 Å². The van der Waals surface area contributed by atoms with Crippen molar-refractivity contribution in [3.05, 3.63) is 41.7 Å². The summed E-state index contributed by atoms with van der Waals surface area (Å²) in [5.74, 6) is 0.343. The van der Waals surface area contributed by atoms with E-state index in [2.05, 4.69) is 17.2 Å². The van der Waals surface area contributed by atoms with E-state index < -0.39 is 0 Å². The molecule has 1 aliphatic rings. The van der Waals surface area contributed by atoms with Crippen molar-refractivity contribution in [3.8, 4) is 5.69 Å². The van der Waals surface area contributed by atoms with Gasteiger partial charge < -0.3 is 10.6 Å². The third kappa shape index (κ3) is 3.12. The summed E-state index contributed by atoms with van der Waals surface area (Å²) < 4.78 is 1.64. The maximum Gasteiger partial charge on any atom is 0.276 e. The van der Waals surface area contributed by atoms with Gasteiger partial charge in [-0.2, -0.15) is 0 Å². The summed E-state index contributed by atoms with van der Waals surface area (Å²) in [5, 5.41) is 8.15. The minimum absolute atomic E-state index is 0.0784. The second-order valence-electron chi connectivity index (χ2n) is 6.31. The molecule has 1 saturated heterocycles. The van der Waals surface area contributed by atoms with Gasteiger partial charge in [0.1, 0.15) is 0 Å². The highest BCUT2D eigenvalue weighted by atomic mass is 16.2. The molecule has 0 unspecified atom stereocenters. The van der Waals surface area contributed by atoms with Crippen molar-refractivity contribution in [3.63, 3.8) is 0 Å². The third-order valence-electron chi connectivity index (χ3n) is 4.63. The molecule has 1 aliphatic heterocycles. The van der Waals surface area contributed by atoms with Crippen LogP contribution in [0, 0.1) is 12.8 Å². The van der Waals surface area contributed by atoms with Crippen molar-refractivity contribution in [2.24, 2.45) is 11.7 Å². The van der Waals surface area contributed by atoms with E-state index in [4.69, 9.17) is 5.73 Å². The lowest BCUT2D eigenvalue weighted by molar-refractivity contribution is 0.0526. The third-order valence-corrected chi connectivity index (χ3v) is 4.63. The Bertz CT molecular complexity index is 679. The molecule has 0 bridgehead atoms. The number of nitrogens with zero attached hydrogens (tertiary/aromatic N) is 4. The summed E-state index contributed by atoms with van der Waals surface area (Å²) in [7, 11) is 0. The van der Waals surface area contributed by atoms with Crippen LogP contribution in [-0.2, 0) is 0 Å². The molecule has 2 atom stereocenters. The van der Waals surface area contributed by atoms with Gasteiger partial charge >= 0.3 is 0 Å². The molecule has 0 aliphatic carbocycles. The Kier molecular flexibility index (Phi) is 4.43. The number of nitrogens with two attached hydrogens (primary N) is 1. The Morgan fingerprint density at radius 1 is 1.35 bits per heavy atom. The predicted molar refractivity (Wildman–Crippen MR) is 88.4 cm³/mol. The van der Waals surface area contributed by atoms with E-state index in [1.807, 2.05) is 36.1 Å². The summed E-state index contributed by atoms with van der Waals surface area (Å²) in [6.07, 6.45) is 3.82. The van der Waals surface area contributed by atoms with Gasteiger partial charge in [-0.25, -0.2) is 4.68 Å². The lowest BCUT2D eigenvalue weighted by Crippen LogP contribution is -2.51. The number of hydrogen-bond donors (Lipinski definition) is 1. The summed E-state index contributed by atoms with van der Waals surface area (Å²) in [6.45, 7) is 5.41. The van der Waals surface area contributed by atoms with E-state index >= 15 is 0 Å². The van der Waals surface area contributed by atoms with Gasteiger partial charge in [0, 0.05) is 19.1 Å². The second-order valence-corrected chi connectivity index (χ2v) is 6.31. The molecule has 2 heterocycles. The Labute approximate surface area is 136 Å². The fraction of sp³-hybridized carbons (Fsp3) is 0.471. The first-order valence-corrected chi connectivity index (χ1v) is 8.10. The molecule has 2 aromatic rings. The fourth-order valence-electron chi connectivity index (χ4n) is 3.19. The number of hydrogen-bond acceptors (Lipinski definition) is 4. The summed E-state index contributed by atoms with van der Waals surface area (Å²) in [4.78, 5) is 14.6. The van der Waals surface area contributed by atoms with Gasteiger partial charge in [0.25, 0.3) is 5.91 Å². The van der Waals surface area contributed by atoms with Crippen molar-refractivity contribution in [1.82, 2.24) is 19.9 Å². The largest absolute Gasteiger partial charge is 0.333 e. The van der Waals surface area contributed by atoms with Gasteiger partial charge in [0.15, 0.2) is 5.69 Å². The quantitative estimate of drug-likeness (QED) is 0.937. The lowest BCUT2D eigenvalue weighted by Gasteiger charge is -2.39. The fourth-order valence-corrected chi connectivity index (χ4v) is 3.19. The zero-order chi connectivity index (χ0) is 16.4. The van der Waals surface area contributed by atoms with Crippen molar-refractivity contribution in [2.45, 2.75) is 32.7 Å². The number of likely N-dealkylation sites (tertiary alicyclic amines) is 1. The van der Waals surface area contributed by atoms with E-state index in [1.165, 1.54) is 5.56 Å². The number of amides is 1. The van der Waals surface area contributed by atoms with E-state index in [-0.39, 0.29) is 11.9 Å². The van der Waals surface area contributed by atoms with Crippen LogP contribution >= 0.6 is 0 Å². The van der Waals surface area contributed by atoms with Crippen molar-refractivity contribution >= 4 is 5.91 Å². The van der Waals surface area contributed by atoms with Gasteiger partial charge in [-0.3, -0.25) is 4.79 Å². The molecule has 2 N–H and O–H groups in total. The van der Waals surface area contributed by atoms with Crippen LogP contribution in [0.4, 0.5) is 0 Å². The number of benzene rings is 1. The van der Waals surface area contributed by atoms with Gasteiger partial charge in [0.05, 0.1) is 11.9 Å². The number of rotatable bonds is 3. The highest BCUT2D eigenvalue weighted by molar-refractivity contribution is 5.92. The first-order valence-electron chi connectivity index (χ1n) is 8.10. The Morgan fingerprint density at radius 2 is 2.09 bits per heavy atom. The number of aromatic nitrogens is 3. The lowest BCUT2D eigenvalue weighted by atomic mass is 9.90. The average Bonchev–Trinajstić information content (AvgIpc) is 3.04. The summed E-state index contributed by atoms with van der Waals surface area (Å²) in [5.41, 5.74) is 8.32. The SMILES string of the molecule is Cc1ccc(-n2cc(C(=O)N3CCC[C@H](C)[C@H]3CN)nn2)cc1. The Hall–Kier alpha value is -2.21. The molecular weight excluding hydrogens is 290 g/mol. The zero-order valence-electron chi connectivity index (χ0n) is 13.6. The molecule has 1 amide bonds. The van der Waals surface area contributed by atoms with Crippen LogP contribution in [0.5, 0.6) is 0 Å². The van der Waals surface area contributed by atoms with E-state index in [0.29, 0.717) is 18.2 Å². The molecular formula is C17H23N5O. The van der Waals surface area contributed by atoms with Gasteiger partial charge in [-0.05, 0) is 37.8 Å². The maximum absolute atomic E-state index is 12.8. The van der Waals surface area contributed by atoms with Gasteiger partial charge in [-0.1, -0.05) is 29.8 Å². The maximum atomic E-state index is 12.8. The first-order chi connectivity index (χ1) is 11.1. The van der Waals surface area contributed by atoms with Crippen LogP contribution in [-0.4, -0.2) is 44.9 Å². The van der Waals surface area contributed by atoms with E-state index in [9.17, 15) is 4.79 Å². The molecule has 6 heteroatoms. The molecule has 6 nitrogen and oxygen atoms in total. The van der Waals surface area contributed by atoms with Crippen molar-refractivity contribution in [1.29, 1.82) is 0 Å². The topological polar surface area (TPSA) is 77.0 Å². The predicted octanol–water partition coefficient (Wildman–Crippen LogP) is 1.78. The molecule has 122 valence electrons. The Balaban J connectivity index is 1.82. The highest BCUT2D eigenvalue weighted by Crippen LogP contribution is 2.24. The highest BCUT2D eigenvalue weighted by Gasteiger charge is 2.32. The minimum atomic E-state index is -0.0784. The summed E-state index contributed by atoms with van der Waals surface area (Å²) >= 11 is 0. The smallest absolute Gasteiger partial charge is 0.276 e. The molecule has 0 spiro atoms. The molecule has 1 fully saturated rings. The second kappa shape index (κ2) is 6.50. The van der Waals surface area contributed by atoms with E-state index in [1.54, 1.807) is 10.9 Å². The molecule has 23 heavy (non-hydrogen) atoms. The van der Waals surface area contributed by atoms with Crippen LogP contribution in [0.3, 0.4) is 0 Å². The molecule has 0 saturated carbocycles. The number of carbonyl (C=O) groups is 1. The number of piperidine rings is 1. The standard InChI is InChI=1S/C17H23N5O/c1-12-5-7-14(8-6-12)22-11-15(19-20-22)17(23)21-9-3-4-13(2)16(21)10-18/h5-8,11,13,16H,3-4,9-10,18H2,1-2H3/t13-,16+/m0/s1. The molecule has 0 radical (unpaired) electrons. The molecule has 1 aromatic carbocycles. The Morgan fingerprint density at radius 3 is 2.78 bits per heavy atom. The van der Waals surface area contributed by atoms with Crippen LogP contribution in [0.25, 0.3) is 5.69 Å². The van der Waals surface area contributed by atoms with E-state index in [0.717, 1.165) is 25.1 Å². The van der Waals surface area contributed by atoms with Gasteiger partial charge in [0.2, 0.25) is 0 Å². The number of carbonyl (C=O) groups excluding carboxylic acids is 1. The molecule has 1 aromatic heterocycles. The number of aryl methyl sites for hydroxylation is 1. The summed E-state index contributed by atoms with van der Waals surface area (Å²) in [6, 6.07) is 8.03. The van der Waals surface area contributed by atoms with Crippen LogP contribution < -0.4 is 5.73 Å². The van der Waals surface area contributed by atoms with Crippen LogP contribution in [0.15, 0.2) is 30.5 Å². The average molecular weight is 313 g/mol. The van der Waals surface area contributed by atoms with Gasteiger partial charge in [-0.15, -0.1) is 5.10 Å². The van der Waals surface area contributed by atoms with Crippen molar-refractivity contribution in [2.75, 3.05) is 13.1 Å². The zero-order valence-corrected chi connectivity index (χ0v) is 13.6. The minimum Gasteiger partial charge on any atom is -0.333 e. The van der Waals surface area contributed by atoms with Crippen LogP contribution in [0.1, 0.15) is 35.8 Å². The molecule has 3 rings (SSSR count). The first kappa shape index (κ1) is 15.7. The monoisotopic (exact) mass is 313 g/mol.